The molecule has 1 unspecified atom stereocenters. The fraction of sp³-hybridized carbons (Fsp3) is 0.533. The molecule has 3 heteroatoms. The second kappa shape index (κ2) is 5.89. The monoisotopic (exact) mass is 248 g/mol. The minimum Gasteiger partial charge on any atom is -0.298 e. The fourth-order valence-electron chi connectivity index (χ4n) is 1.96. The van der Waals surface area contributed by atoms with Crippen molar-refractivity contribution in [2.45, 2.75) is 40.5 Å². The molecule has 1 atom stereocenters. The standard InChI is InChI=1S/C15H20O3/c1-9(2)5-6-11-8-13(17)14(15(11)18)12(16)7-10(3)4/h5-6,10,14H,7-8H2,1-4H3. The summed E-state index contributed by atoms with van der Waals surface area (Å²) in [5.41, 5.74) is 1.52. The quantitative estimate of drug-likeness (QED) is 0.567. The number of Topliss-reactive ketones (excluding diaryl/α,β-unsaturated/α-hetero) is 3. The molecule has 18 heavy (non-hydrogen) atoms. The zero-order valence-electron chi connectivity index (χ0n) is 11.4. The van der Waals surface area contributed by atoms with E-state index in [4.69, 9.17) is 0 Å². The van der Waals surface area contributed by atoms with Crippen LogP contribution in [0.5, 0.6) is 0 Å². The molecular weight excluding hydrogens is 228 g/mol. The number of ketones is 3. The minimum absolute atomic E-state index is 0.0944. The summed E-state index contributed by atoms with van der Waals surface area (Å²) in [7, 11) is 0. The average molecular weight is 248 g/mol. The summed E-state index contributed by atoms with van der Waals surface area (Å²) in [6, 6.07) is 0. The topological polar surface area (TPSA) is 51.2 Å². The highest BCUT2D eigenvalue weighted by Gasteiger charge is 2.41. The molecule has 0 aromatic heterocycles. The van der Waals surface area contributed by atoms with Crippen molar-refractivity contribution in [1.29, 1.82) is 0 Å². The molecular formula is C15H20O3. The van der Waals surface area contributed by atoms with Gasteiger partial charge in [0.15, 0.2) is 17.3 Å². The highest BCUT2D eigenvalue weighted by molar-refractivity contribution is 6.30. The van der Waals surface area contributed by atoms with Crippen molar-refractivity contribution in [3.63, 3.8) is 0 Å². The van der Waals surface area contributed by atoms with Crippen LogP contribution in [0.25, 0.3) is 0 Å². The van der Waals surface area contributed by atoms with Crippen molar-refractivity contribution in [3.05, 3.63) is 23.3 Å². The van der Waals surface area contributed by atoms with E-state index in [9.17, 15) is 14.4 Å². The van der Waals surface area contributed by atoms with Crippen LogP contribution in [0.15, 0.2) is 23.3 Å². The van der Waals surface area contributed by atoms with Crippen LogP contribution in [0.4, 0.5) is 0 Å². The molecule has 0 heterocycles. The third-order valence-electron chi connectivity index (χ3n) is 2.81. The molecule has 1 rings (SSSR count). The van der Waals surface area contributed by atoms with Crippen LogP contribution in [0.1, 0.15) is 40.5 Å². The molecule has 0 bridgehead atoms. The Bertz CT molecular complexity index is 435. The molecule has 0 N–H and O–H groups in total. The van der Waals surface area contributed by atoms with Crippen molar-refractivity contribution in [3.8, 4) is 0 Å². The smallest absolute Gasteiger partial charge is 0.177 e. The minimum atomic E-state index is -1.04. The zero-order chi connectivity index (χ0) is 13.9. The number of carbonyl (C=O) groups is 3. The first-order chi connectivity index (χ1) is 8.32. The first-order valence-corrected chi connectivity index (χ1v) is 6.26. The Labute approximate surface area is 108 Å². The molecule has 1 saturated carbocycles. The number of hydrogen-bond acceptors (Lipinski definition) is 3. The van der Waals surface area contributed by atoms with E-state index in [1.54, 1.807) is 12.2 Å². The maximum absolute atomic E-state index is 12.0. The molecule has 98 valence electrons. The van der Waals surface area contributed by atoms with Crippen molar-refractivity contribution in [2.24, 2.45) is 11.8 Å². The predicted octanol–water partition coefficient (Wildman–Crippen LogP) is 2.65. The summed E-state index contributed by atoms with van der Waals surface area (Å²) in [6.07, 6.45) is 3.85. The third kappa shape index (κ3) is 3.49. The molecule has 0 aromatic carbocycles. The van der Waals surface area contributed by atoms with E-state index >= 15 is 0 Å². The Morgan fingerprint density at radius 1 is 1.33 bits per heavy atom. The lowest BCUT2D eigenvalue weighted by Gasteiger charge is -2.07. The Balaban J connectivity index is 2.89. The summed E-state index contributed by atoms with van der Waals surface area (Å²) >= 11 is 0. The van der Waals surface area contributed by atoms with Gasteiger partial charge in [-0.1, -0.05) is 31.6 Å². The van der Waals surface area contributed by atoms with Crippen LogP contribution in [-0.2, 0) is 14.4 Å². The number of hydrogen-bond donors (Lipinski definition) is 0. The molecule has 0 amide bonds. The highest BCUT2D eigenvalue weighted by Crippen LogP contribution is 2.26. The van der Waals surface area contributed by atoms with Crippen LogP contribution in [0, 0.1) is 11.8 Å². The largest absolute Gasteiger partial charge is 0.298 e. The second-order valence-corrected chi connectivity index (χ2v) is 5.44. The van der Waals surface area contributed by atoms with Gasteiger partial charge in [0.25, 0.3) is 0 Å². The number of rotatable bonds is 4. The molecule has 1 fully saturated rings. The van der Waals surface area contributed by atoms with Gasteiger partial charge >= 0.3 is 0 Å². The number of allylic oxidation sites excluding steroid dienone is 4. The summed E-state index contributed by atoms with van der Waals surface area (Å²) in [6.45, 7) is 7.64. The van der Waals surface area contributed by atoms with Crippen molar-refractivity contribution >= 4 is 17.3 Å². The van der Waals surface area contributed by atoms with Gasteiger partial charge in [-0.15, -0.1) is 0 Å². The van der Waals surface area contributed by atoms with Crippen LogP contribution < -0.4 is 0 Å². The Morgan fingerprint density at radius 2 is 1.94 bits per heavy atom. The van der Waals surface area contributed by atoms with Gasteiger partial charge in [-0.05, 0) is 19.8 Å². The summed E-state index contributed by atoms with van der Waals surface area (Å²) in [5, 5.41) is 0. The van der Waals surface area contributed by atoms with E-state index in [2.05, 4.69) is 0 Å². The lowest BCUT2D eigenvalue weighted by molar-refractivity contribution is -0.135. The SMILES string of the molecule is CC(C)=CC=C1CC(=O)C(C(=O)CC(C)C)C1=O. The summed E-state index contributed by atoms with van der Waals surface area (Å²) in [5.74, 6) is -1.66. The normalized spacial score (nSPS) is 21.8. The van der Waals surface area contributed by atoms with Gasteiger partial charge < -0.3 is 0 Å². The van der Waals surface area contributed by atoms with Gasteiger partial charge in [-0.2, -0.15) is 0 Å². The molecule has 3 nitrogen and oxygen atoms in total. The Kier molecular flexibility index (Phi) is 4.76. The molecule has 1 aliphatic carbocycles. The lowest BCUT2D eigenvalue weighted by Crippen LogP contribution is -2.26. The Hall–Kier alpha value is -1.51. The summed E-state index contributed by atoms with van der Waals surface area (Å²) in [4.78, 5) is 35.6. The van der Waals surface area contributed by atoms with Gasteiger partial charge in [0, 0.05) is 18.4 Å². The summed E-state index contributed by atoms with van der Waals surface area (Å²) < 4.78 is 0. The Morgan fingerprint density at radius 3 is 2.44 bits per heavy atom. The maximum Gasteiger partial charge on any atom is 0.177 e. The first-order valence-electron chi connectivity index (χ1n) is 6.26. The molecule has 1 aliphatic rings. The van der Waals surface area contributed by atoms with Crippen molar-refractivity contribution in [2.75, 3.05) is 0 Å². The molecule has 0 radical (unpaired) electrons. The van der Waals surface area contributed by atoms with Gasteiger partial charge in [0.1, 0.15) is 5.92 Å². The zero-order valence-corrected chi connectivity index (χ0v) is 11.4. The van der Waals surface area contributed by atoms with E-state index < -0.39 is 5.92 Å². The van der Waals surface area contributed by atoms with Crippen molar-refractivity contribution < 1.29 is 14.4 Å². The van der Waals surface area contributed by atoms with Gasteiger partial charge in [0.2, 0.25) is 0 Å². The van der Waals surface area contributed by atoms with Gasteiger partial charge in [-0.25, -0.2) is 0 Å². The van der Waals surface area contributed by atoms with Crippen LogP contribution in [-0.4, -0.2) is 17.3 Å². The van der Waals surface area contributed by atoms with E-state index in [0.717, 1.165) is 5.57 Å². The maximum atomic E-state index is 12.0. The van der Waals surface area contributed by atoms with Crippen LogP contribution in [0.2, 0.25) is 0 Å². The molecule has 0 aliphatic heterocycles. The fourth-order valence-corrected chi connectivity index (χ4v) is 1.96. The predicted molar refractivity (Wildman–Crippen MR) is 70.1 cm³/mol. The second-order valence-electron chi connectivity index (χ2n) is 5.44. The first kappa shape index (κ1) is 14.6. The number of carbonyl (C=O) groups excluding carboxylic acids is 3. The average Bonchev–Trinajstić information content (AvgIpc) is 2.49. The van der Waals surface area contributed by atoms with E-state index in [1.165, 1.54) is 0 Å². The van der Waals surface area contributed by atoms with Crippen LogP contribution >= 0.6 is 0 Å². The third-order valence-corrected chi connectivity index (χ3v) is 2.81. The molecule has 0 aromatic rings. The van der Waals surface area contributed by atoms with E-state index in [0.29, 0.717) is 5.57 Å². The van der Waals surface area contributed by atoms with Gasteiger partial charge in [0.05, 0.1) is 0 Å². The van der Waals surface area contributed by atoms with E-state index in [-0.39, 0.29) is 36.1 Å². The van der Waals surface area contributed by atoms with Gasteiger partial charge in [-0.3, -0.25) is 14.4 Å². The van der Waals surface area contributed by atoms with Crippen LogP contribution in [0.3, 0.4) is 0 Å². The molecule has 0 spiro atoms. The van der Waals surface area contributed by atoms with Crippen molar-refractivity contribution in [1.82, 2.24) is 0 Å². The van der Waals surface area contributed by atoms with E-state index in [1.807, 2.05) is 27.7 Å². The lowest BCUT2D eigenvalue weighted by atomic mass is 9.93. The molecule has 0 saturated heterocycles. The highest BCUT2D eigenvalue weighted by atomic mass is 16.2.